The first kappa shape index (κ1) is 25.7. The largest absolute Gasteiger partial charge is 0.511 e. The summed E-state index contributed by atoms with van der Waals surface area (Å²) >= 11 is 2.46. The first-order valence-corrected chi connectivity index (χ1v) is 16.0. The zero-order valence-corrected chi connectivity index (χ0v) is 23.1. The fraction of sp³-hybridized carbons (Fsp3) is 0.455. The van der Waals surface area contributed by atoms with E-state index in [9.17, 15) is 21.6 Å². The van der Waals surface area contributed by atoms with E-state index in [0.29, 0.717) is 4.31 Å². The number of rotatable bonds is 4. The monoisotopic (exact) mass is 626 g/mol. The number of halogens is 4. The fourth-order valence-corrected chi connectivity index (χ4v) is 8.55. The maximum atomic E-state index is 12.9. The van der Waals surface area contributed by atoms with E-state index in [2.05, 4.69) is 51.2 Å². The van der Waals surface area contributed by atoms with Gasteiger partial charge < -0.3 is 9.80 Å². The van der Waals surface area contributed by atoms with Crippen LogP contribution in [0.2, 0.25) is 0 Å². The van der Waals surface area contributed by atoms with E-state index in [1.165, 1.54) is 10.5 Å². The van der Waals surface area contributed by atoms with Gasteiger partial charge in [0, 0.05) is 61.1 Å². The quantitative estimate of drug-likeness (QED) is 0.362. The summed E-state index contributed by atoms with van der Waals surface area (Å²) in [5.74, 6) is 0. The van der Waals surface area contributed by atoms with Crippen molar-refractivity contribution in [2.24, 2.45) is 4.99 Å². The lowest BCUT2D eigenvalue weighted by atomic mass is 10.1. The number of fused-ring (bicyclic) bond motifs is 2. The third-order valence-electron chi connectivity index (χ3n) is 6.13. The normalized spacial score (nSPS) is 18.8. The van der Waals surface area contributed by atoms with Gasteiger partial charge in [-0.3, -0.25) is 0 Å². The molecule has 0 saturated carbocycles. The summed E-state index contributed by atoms with van der Waals surface area (Å²) in [7, 11) is -1.54. The van der Waals surface area contributed by atoms with Gasteiger partial charge in [-0.05, 0) is 69.9 Å². The van der Waals surface area contributed by atoms with Crippen molar-refractivity contribution in [1.29, 1.82) is 0 Å². The summed E-state index contributed by atoms with van der Waals surface area (Å²) in [5, 5.41) is 0.944. The molecule has 12 heteroatoms. The van der Waals surface area contributed by atoms with Crippen LogP contribution in [-0.2, 0) is 16.4 Å². The Kier molecular flexibility index (Phi) is 6.99. The number of benzene rings is 2. The number of hydrogen-bond acceptors (Lipinski definition) is 5. The van der Waals surface area contributed by atoms with Gasteiger partial charge in [-0.25, -0.2) is 13.4 Å². The number of sulfonamides is 1. The molecule has 0 spiro atoms. The molecule has 0 aromatic heterocycles. The predicted octanol–water partition coefficient (Wildman–Crippen LogP) is 4.79. The molecule has 0 amide bonds. The fourth-order valence-electron chi connectivity index (χ4n) is 4.20. The van der Waals surface area contributed by atoms with Crippen molar-refractivity contribution in [1.82, 2.24) is 4.31 Å². The molecule has 2 aliphatic heterocycles. The predicted molar refractivity (Wildman–Crippen MR) is 140 cm³/mol. The molecule has 2 aromatic rings. The Bertz CT molecular complexity index is 1370. The van der Waals surface area contributed by atoms with Gasteiger partial charge in [-0.1, -0.05) is 14.6 Å². The maximum Gasteiger partial charge on any atom is 0.511 e. The van der Waals surface area contributed by atoms with Gasteiger partial charge in [0.1, 0.15) is 0 Å². The highest BCUT2D eigenvalue weighted by atomic mass is 127. The maximum absolute atomic E-state index is 12.9. The van der Waals surface area contributed by atoms with Crippen molar-refractivity contribution in [3.8, 4) is 0 Å². The summed E-state index contributed by atoms with van der Waals surface area (Å²) in [6, 6.07) is 8.42. The Morgan fingerprint density at radius 1 is 1.12 bits per heavy atom. The summed E-state index contributed by atoms with van der Waals surface area (Å²) in [6.45, 7) is 4.11. The number of aryl methyl sites for hydroxylation is 2. The van der Waals surface area contributed by atoms with E-state index >= 15 is 0 Å². The third kappa shape index (κ3) is 4.46. The second-order valence-electron chi connectivity index (χ2n) is 8.51. The molecule has 1 fully saturated rings. The summed E-state index contributed by atoms with van der Waals surface area (Å²) in [6.07, 6.45) is 0.874. The van der Waals surface area contributed by atoms with Crippen LogP contribution in [-0.4, -0.2) is 58.5 Å². The van der Waals surface area contributed by atoms with Gasteiger partial charge in [0.25, 0.3) is 0 Å². The molecule has 6 nitrogen and oxygen atoms in total. The van der Waals surface area contributed by atoms with Gasteiger partial charge >= 0.3 is 15.5 Å². The highest BCUT2D eigenvalue weighted by Gasteiger charge is 2.50. The van der Waals surface area contributed by atoms with Gasteiger partial charge in [-0.15, -0.1) is 0 Å². The van der Waals surface area contributed by atoms with Crippen molar-refractivity contribution in [3.63, 3.8) is 0 Å². The highest BCUT2D eigenvalue weighted by Crippen LogP contribution is 2.48. The Hall–Kier alpha value is -1.38. The molecule has 2 aliphatic rings. The van der Waals surface area contributed by atoms with Crippen molar-refractivity contribution in [2.45, 2.75) is 30.7 Å². The van der Waals surface area contributed by atoms with Crippen molar-refractivity contribution >= 4 is 55.9 Å². The Balaban J connectivity index is 1.73. The van der Waals surface area contributed by atoms with Gasteiger partial charge in [0.2, 0.25) is 0 Å². The lowest BCUT2D eigenvalue weighted by Crippen LogP contribution is -2.52. The zero-order valence-electron chi connectivity index (χ0n) is 19.3. The average molecular weight is 627 g/mol. The number of hydrogen-bond donors (Lipinski definition) is 0. The molecule has 1 atom stereocenters. The molecule has 4 rings (SSSR count). The molecule has 0 bridgehead atoms. The summed E-state index contributed by atoms with van der Waals surface area (Å²) in [5.41, 5.74) is -0.0425. The molecule has 0 N–H and O–H groups in total. The van der Waals surface area contributed by atoms with Crippen LogP contribution in [0.5, 0.6) is 0 Å². The van der Waals surface area contributed by atoms with Crippen molar-refractivity contribution in [2.75, 3.05) is 50.1 Å². The number of alkyl halides is 3. The SMILES string of the molecule is CCc1cc(N(C)C)cc2c1N=c1c(C)cc(N3CCN(S(=O)(=O)C(F)(F)F)CC3)cc1=S2I. The van der Waals surface area contributed by atoms with Gasteiger partial charge in [0.05, 0.1) is 11.0 Å². The number of anilines is 2. The Morgan fingerprint density at radius 2 is 1.76 bits per heavy atom. The molecule has 186 valence electrons. The average Bonchev–Trinajstić information content (AvgIpc) is 2.78. The summed E-state index contributed by atoms with van der Waals surface area (Å²) in [4.78, 5) is 10.2. The molecule has 0 radical (unpaired) electrons. The molecule has 0 aliphatic carbocycles. The van der Waals surface area contributed by atoms with E-state index in [-0.39, 0.29) is 33.8 Å². The Morgan fingerprint density at radius 3 is 2.32 bits per heavy atom. The first-order valence-electron chi connectivity index (χ1n) is 10.8. The lowest BCUT2D eigenvalue weighted by Gasteiger charge is -2.35. The van der Waals surface area contributed by atoms with Crippen LogP contribution in [0.1, 0.15) is 18.1 Å². The number of nitrogens with zero attached hydrogens (tertiary/aromatic N) is 4. The van der Waals surface area contributed by atoms with E-state index in [1.54, 1.807) is 0 Å². The highest BCUT2D eigenvalue weighted by molar-refractivity contribution is 14.2. The molecule has 2 heterocycles. The van der Waals surface area contributed by atoms with Crippen molar-refractivity contribution < 1.29 is 21.6 Å². The van der Waals surface area contributed by atoms with Crippen LogP contribution in [0, 0.1) is 11.4 Å². The van der Waals surface area contributed by atoms with Crippen LogP contribution >= 0.6 is 28.9 Å². The zero-order chi connectivity index (χ0) is 25.0. The van der Waals surface area contributed by atoms with Crippen LogP contribution in [0.25, 0.3) is 0 Å². The molecule has 34 heavy (non-hydrogen) atoms. The minimum absolute atomic E-state index is 0.195. The van der Waals surface area contributed by atoms with Crippen LogP contribution in [0.4, 0.5) is 30.2 Å². The lowest BCUT2D eigenvalue weighted by molar-refractivity contribution is -0.0490. The third-order valence-corrected chi connectivity index (χ3v) is 12.0. The van der Waals surface area contributed by atoms with Crippen LogP contribution < -0.4 is 15.2 Å². The van der Waals surface area contributed by atoms with Crippen LogP contribution in [0.15, 0.2) is 34.2 Å². The number of piperazine rings is 1. The second-order valence-corrected chi connectivity index (χ2v) is 14.5. The minimum Gasteiger partial charge on any atom is -0.378 e. The molecule has 1 saturated heterocycles. The van der Waals surface area contributed by atoms with Crippen LogP contribution in [0.3, 0.4) is 0 Å². The van der Waals surface area contributed by atoms with E-state index in [0.717, 1.165) is 38.9 Å². The van der Waals surface area contributed by atoms with Crippen molar-refractivity contribution in [3.05, 3.63) is 45.3 Å². The first-order chi connectivity index (χ1) is 15.8. The minimum atomic E-state index is -5.30. The smallest absolute Gasteiger partial charge is 0.378 e. The Labute approximate surface area is 212 Å². The topological polar surface area (TPSA) is 56.2 Å². The standard InChI is InChI=1S/C22H26F3IN4O2S2/c1-5-15-11-16(28(3)4)12-19-21(15)27-20-14(2)10-17(13-18(20)33(19)26)29-6-8-30(9-7-29)34(31,32)22(23,24)25/h10-13H,5-9H2,1-4H3. The van der Waals surface area contributed by atoms with E-state index < -0.39 is 15.5 Å². The molecular weight excluding hydrogens is 600 g/mol. The van der Waals surface area contributed by atoms with Gasteiger partial charge in [-0.2, -0.15) is 17.5 Å². The molecule has 1 unspecified atom stereocenters. The second kappa shape index (κ2) is 9.25. The molecular formula is C22H26F3IN4O2S2. The molecule has 2 aromatic carbocycles. The van der Waals surface area contributed by atoms with E-state index in [1.807, 2.05) is 32.0 Å². The van der Waals surface area contributed by atoms with Gasteiger partial charge in [0.15, 0.2) is 0 Å². The van der Waals surface area contributed by atoms with E-state index in [4.69, 9.17) is 4.99 Å². The summed E-state index contributed by atoms with van der Waals surface area (Å²) < 4.78 is 63.9.